The number of rotatable bonds is 3. The van der Waals surface area contributed by atoms with Crippen LogP contribution in [0.2, 0.25) is 0 Å². The van der Waals surface area contributed by atoms with E-state index in [-0.39, 0.29) is 35.2 Å². The second kappa shape index (κ2) is 6.45. The molecule has 3 rings (SSSR count). The number of halogens is 1. The maximum Gasteiger partial charge on any atom is 0.274 e. The van der Waals surface area contributed by atoms with Crippen molar-refractivity contribution in [2.75, 3.05) is 30.1 Å². The number of thioether (sulfide) groups is 1. The number of aryl methyl sites for hydroxylation is 1. The van der Waals surface area contributed by atoms with Gasteiger partial charge in [-0.25, -0.2) is 12.8 Å². The van der Waals surface area contributed by atoms with Crippen LogP contribution in [0.1, 0.15) is 5.56 Å². The third-order valence-corrected chi connectivity index (χ3v) is 7.20. The van der Waals surface area contributed by atoms with Crippen LogP contribution in [0.25, 0.3) is 0 Å². The van der Waals surface area contributed by atoms with Crippen LogP contribution in [0.15, 0.2) is 23.2 Å². The molecular weight excluding hydrogens is 355 g/mol. The summed E-state index contributed by atoms with van der Waals surface area (Å²) in [4.78, 5) is 17.5. The number of benzene rings is 1. The first kappa shape index (κ1) is 17.4. The van der Waals surface area contributed by atoms with Crippen LogP contribution < -0.4 is 4.90 Å². The van der Waals surface area contributed by atoms with Gasteiger partial charge in [0.2, 0.25) is 0 Å². The van der Waals surface area contributed by atoms with Gasteiger partial charge in [0.1, 0.15) is 12.4 Å². The van der Waals surface area contributed by atoms with E-state index >= 15 is 0 Å². The molecular formula is C15H17FN2O4S2. The number of amidine groups is 1. The van der Waals surface area contributed by atoms with Crippen LogP contribution in [-0.4, -0.2) is 56.0 Å². The van der Waals surface area contributed by atoms with Crippen molar-refractivity contribution in [3.05, 3.63) is 29.6 Å². The third kappa shape index (κ3) is 3.33. The van der Waals surface area contributed by atoms with E-state index in [0.29, 0.717) is 16.4 Å². The molecule has 2 aliphatic rings. The molecule has 0 radical (unpaired) electrons. The Bertz CT molecular complexity index is 810. The summed E-state index contributed by atoms with van der Waals surface area (Å²) in [6.07, 6.45) is 0. The molecule has 130 valence electrons. The lowest BCUT2D eigenvalue weighted by atomic mass is 10.1. The molecule has 9 heteroatoms. The number of anilines is 1. The van der Waals surface area contributed by atoms with Crippen LogP contribution in [0.4, 0.5) is 10.1 Å². The number of ether oxygens (including phenoxy) is 1. The van der Waals surface area contributed by atoms with Crippen molar-refractivity contribution in [3.8, 4) is 0 Å². The Morgan fingerprint density at radius 1 is 1.46 bits per heavy atom. The van der Waals surface area contributed by atoms with E-state index in [1.54, 1.807) is 24.0 Å². The van der Waals surface area contributed by atoms with E-state index in [2.05, 4.69) is 4.99 Å². The third-order valence-electron chi connectivity index (χ3n) is 3.99. The van der Waals surface area contributed by atoms with Gasteiger partial charge in [0.15, 0.2) is 15.0 Å². The molecule has 2 heterocycles. The topological polar surface area (TPSA) is 76.0 Å². The molecule has 1 aromatic rings. The van der Waals surface area contributed by atoms with Crippen molar-refractivity contribution in [2.24, 2.45) is 4.99 Å². The molecule has 24 heavy (non-hydrogen) atoms. The van der Waals surface area contributed by atoms with Crippen LogP contribution in [0, 0.1) is 12.7 Å². The standard InChI is InChI=1S/C15H17FN2O4S2/c1-9-3-4-10(5-11(9)16)18-12-7-24(20,21)8-13(12)23-15(18)17-14(19)6-22-2/h3-5,12-13H,6-8H2,1-2H3. The molecule has 2 atom stereocenters. The van der Waals surface area contributed by atoms with Crippen LogP contribution in [-0.2, 0) is 19.4 Å². The minimum Gasteiger partial charge on any atom is -0.375 e. The number of aliphatic imine (C=N–C) groups is 1. The van der Waals surface area contributed by atoms with Crippen molar-refractivity contribution in [1.29, 1.82) is 0 Å². The highest BCUT2D eigenvalue weighted by Crippen LogP contribution is 2.41. The highest BCUT2D eigenvalue weighted by Gasteiger charge is 2.49. The van der Waals surface area contributed by atoms with Gasteiger partial charge in [-0.05, 0) is 24.6 Å². The highest BCUT2D eigenvalue weighted by molar-refractivity contribution is 8.16. The number of methoxy groups -OCH3 is 1. The zero-order chi connectivity index (χ0) is 17.5. The minimum absolute atomic E-state index is 0.0301. The zero-order valence-electron chi connectivity index (χ0n) is 13.2. The van der Waals surface area contributed by atoms with E-state index in [0.717, 1.165) is 0 Å². The Labute approximate surface area is 144 Å². The van der Waals surface area contributed by atoms with Crippen molar-refractivity contribution in [2.45, 2.75) is 18.2 Å². The molecule has 2 fully saturated rings. The average Bonchev–Trinajstić information content (AvgIpc) is 2.93. The lowest BCUT2D eigenvalue weighted by Gasteiger charge is -2.24. The molecule has 2 aliphatic heterocycles. The normalized spacial score (nSPS) is 26.8. The first-order chi connectivity index (χ1) is 11.3. The molecule has 0 saturated carbocycles. The minimum atomic E-state index is -3.15. The van der Waals surface area contributed by atoms with Gasteiger partial charge in [0, 0.05) is 18.0 Å². The van der Waals surface area contributed by atoms with Crippen molar-refractivity contribution in [1.82, 2.24) is 0 Å². The Balaban J connectivity index is 2.01. The molecule has 1 aromatic carbocycles. The summed E-state index contributed by atoms with van der Waals surface area (Å²) in [5.41, 5.74) is 0.995. The van der Waals surface area contributed by atoms with Crippen molar-refractivity contribution < 1.29 is 22.3 Å². The van der Waals surface area contributed by atoms with Gasteiger partial charge in [0.05, 0.1) is 17.5 Å². The Kier molecular flexibility index (Phi) is 4.67. The van der Waals surface area contributed by atoms with E-state index in [1.807, 2.05) is 0 Å². The quantitative estimate of drug-likeness (QED) is 0.798. The summed E-state index contributed by atoms with van der Waals surface area (Å²) in [6.45, 7) is 1.49. The lowest BCUT2D eigenvalue weighted by Crippen LogP contribution is -2.37. The van der Waals surface area contributed by atoms with E-state index in [4.69, 9.17) is 4.74 Å². The van der Waals surface area contributed by atoms with Crippen molar-refractivity contribution in [3.63, 3.8) is 0 Å². The molecule has 0 aromatic heterocycles. The number of sulfone groups is 1. The Morgan fingerprint density at radius 2 is 2.21 bits per heavy atom. The van der Waals surface area contributed by atoms with Gasteiger partial charge >= 0.3 is 0 Å². The van der Waals surface area contributed by atoms with Gasteiger partial charge in [0.25, 0.3) is 5.91 Å². The second-order valence-corrected chi connectivity index (χ2v) is 9.19. The lowest BCUT2D eigenvalue weighted by molar-refractivity contribution is -0.121. The van der Waals surface area contributed by atoms with Crippen LogP contribution in [0.5, 0.6) is 0 Å². The smallest absolute Gasteiger partial charge is 0.274 e. The second-order valence-electron chi connectivity index (χ2n) is 5.83. The summed E-state index contributed by atoms with van der Waals surface area (Å²) in [5.74, 6) is -0.840. The highest BCUT2D eigenvalue weighted by atomic mass is 32.2. The SMILES string of the molecule is COCC(=O)N=C1SC2CS(=O)(=O)CC2N1c1ccc(C)c(F)c1. The summed E-state index contributed by atoms with van der Waals surface area (Å²) in [7, 11) is -1.75. The first-order valence-corrected chi connectivity index (χ1v) is 10.0. The van der Waals surface area contributed by atoms with E-state index in [9.17, 15) is 17.6 Å². The molecule has 0 N–H and O–H groups in total. The molecule has 0 aliphatic carbocycles. The maximum absolute atomic E-state index is 14.0. The Hall–Kier alpha value is -1.45. The summed E-state index contributed by atoms with van der Waals surface area (Å²) >= 11 is 1.25. The van der Waals surface area contributed by atoms with E-state index in [1.165, 1.54) is 24.9 Å². The Morgan fingerprint density at radius 3 is 2.88 bits per heavy atom. The number of hydrogen-bond acceptors (Lipinski definition) is 5. The fourth-order valence-corrected chi connectivity index (χ4v) is 6.79. The van der Waals surface area contributed by atoms with Gasteiger partial charge in [-0.1, -0.05) is 17.8 Å². The summed E-state index contributed by atoms with van der Waals surface area (Å²) < 4.78 is 42.6. The molecule has 2 saturated heterocycles. The number of fused-ring (bicyclic) bond motifs is 1. The number of carbonyl (C=O) groups is 1. The van der Waals surface area contributed by atoms with Gasteiger partial charge in [-0.2, -0.15) is 4.99 Å². The molecule has 0 spiro atoms. The van der Waals surface area contributed by atoms with Gasteiger partial charge < -0.3 is 9.64 Å². The molecule has 6 nitrogen and oxygen atoms in total. The molecule has 2 unspecified atom stereocenters. The monoisotopic (exact) mass is 372 g/mol. The number of nitrogens with zero attached hydrogens (tertiary/aromatic N) is 2. The van der Waals surface area contributed by atoms with E-state index < -0.39 is 15.7 Å². The number of amides is 1. The maximum atomic E-state index is 14.0. The molecule has 1 amide bonds. The van der Waals surface area contributed by atoms with Gasteiger partial charge in [-0.3, -0.25) is 4.79 Å². The first-order valence-electron chi connectivity index (χ1n) is 7.33. The average molecular weight is 372 g/mol. The molecule has 0 bridgehead atoms. The van der Waals surface area contributed by atoms with Gasteiger partial charge in [-0.15, -0.1) is 0 Å². The summed E-state index contributed by atoms with van der Waals surface area (Å²) in [5, 5.41) is 0.179. The number of hydrogen-bond donors (Lipinski definition) is 0. The van der Waals surface area contributed by atoms with Crippen LogP contribution >= 0.6 is 11.8 Å². The van der Waals surface area contributed by atoms with Crippen LogP contribution in [0.3, 0.4) is 0 Å². The fraction of sp³-hybridized carbons (Fsp3) is 0.467. The van der Waals surface area contributed by atoms with Crippen molar-refractivity contribution >= 4 is 38.4 Å². The number of carbonyl (C=O) groups excluding carboxylic acids is 1. The predicted octanol–water partition coefficient (Wildman–Crippen LogP) is 1.38. The summed E-state index contributed by atoms with van der Waals surface area (Å²) in [6, 6.07) is 4.33. The largest absolute Gasteiger partial charge is 0.375 e. The predicted molar refractivity (Wildman–Crippen MR) is 91.8 cm³/mol. The fourth-order valence-electron chi connectivity index (χ4n) is 2.86. The zero-order valence-corrected chi connectivity index (χ0v) is 14.9.